The molecule has 3 aromatic rings. The summed E-state index contributed by atoms with van der Waals surface area (Å²) in [5, 5.41) is 6.98. The predicted octanol–water partition coefficient (Wildman–Crippen LogP) is 5.16. The third kappa shape index (κ3) is 5.08. The minimum absolute atomic E-state index is 0.197. The van der Waals surface area contributed by atoms with E-state index in [1.54, 1.807) is 0 Å². The van der Waals surface area contributed by atoms with Gasteiger partial charge in [0.15, 0.2) is 0 Å². The maximum absolute atomic E-state index is 12.8. The van der Waals surface area contributed by atoms with Gasteiger partial charge < -0.3 is 10.1 Å². The van der Waals surface area contributed by atoms with Crippen LogP contribution >= 0.6 is 0 Å². The largest absolute Gasteiger partial charge is 0.485 e. The van der Waals surface area contributed by atoms with Crippen molar-refractivity contribution < 1.29 is 22.7 Å². The number of benzene rings is 3. The predicted molar refractivity (Wildman–Crippen MR) is 115 cm³/mol. The van der Waals surface area contributed by atoms with Gasteiger partial charge in [0.2, 0.25) is 0 Å². The Balaban J connectivity index is 1.44. The maximum atomic E-state index is 12.8. The Morgan fingerprint density at radius 1 is 1.00 bits per heavy atom. The monoisotopic (exact) mass is 439 g/mol. The highest BCUT2D eigenvalue weighted by Gasteiger charge is 2.30. The number of carbonyl (C=O) groups is 1. The fourth-order valence-corrected chi connectivity index (χ4v) is 3.40. The summed E-state index contributed by atoms with van der Waals surface area (Å²) in [5.74, 6) is 0.192. The van der Waals surface area contributed by atoms with E-state index in [-0.39, 0.29) is 18.3 Å². The summed E-state index contributed by atoms with van der Waals surface area (Å²) in [5.41, 5.74) is 4.34. The van der Waals surface area contributed by atoms with Crippen LogP contribution in [0.3, 0.4) is 0 Å². The van der Waals surface area contributed by atoms with Crippen molar-refractivity contribution in [3.05, 3.63) is 95.6 Å². The molecule has 2 N–H and O–H groups in total. The van der Waals surface area contributed by atoms with Crippen LogP contribution in [0.25, 0.3) is 0 Å². The lowest BCUT2D eigenvalue weighted by Crippen LogP contribution is -2.29. The molecule has 1 unspecified atom stereocenters. The summed E-state index contributed by atoms with van der Waals surface area (Å²) in [6.07, 6.45) is -4.23. The number of anilines is 1. The molecular weight excluding hydrogens is 419 g/mol. The summed E-state index contributed by atoms with van der Waals surface area (Å²) in [4.78, 5) is 12.3. The zero-order valence-corrected chi connectivity index (χ0v) is 16.9. The molecule has 5 nitrogen and oxygen atoms in total. The standard InChI is InChI=1S/C24H20F3N3O2/c25-24(26,27)17-9-6-10-18(13-17)28-15-23(31)30-29-20-14-22(16-7-2-1-3-8-16)32-21-12-5-4-11-19(20)21/h1-13,22,28H,14-15H2,(H,30,31)/b29-20+. The van der Waals surface area contributed by atoms with Gasteiger partial charge in [-0.2, -0.15) is 18.3 Å². The number of para-hydroxylation sites is 1. The van der Waals surface area contributed by atoms with E-state index in [1.165, 1.54) is 12.1 Å². The molecule has 1 aliphatic rings. The molecule has 0 saturated carbocycles. The van der Waals surface area contributed by atoms with Crippen molar-refractivity contribution in [3.63, 3.8) is 0 Å². The molecule has 0 aromatic heterocycles. The van der Waals surface area contributed by atoms with E-state index >= 15 is 0 Å². The number of hydrazone groups is 1. The molecule has 1 amide bonds. The van der Waals surface area contributed by atoms with Crippen molar-refractivity contribution in [2.24, 2.45) is 5.10 Å². The average molecular weight is 439 g/mol. The molecular formula is C24H20F3N3O2. The van der Waals surface area contributed by atoms with Gasteiger partial charge in [0.1, 0.15) is 11.9 Å². The van der Waals surface area contributed by atoms with Crippen LogP contribution in [0.2, 0.25) is 0 Å². The van der Waals surface area contributed by atoms with Crippen molar-refractivity contribution in [3.8, 4) is 5.75 Å². The highest BCUT2D eigenvalue weighted by molar-refractivity contribution is 6.04. The van der Waals surface area contributed by atoms with Crippen LogP contribution in [0.1, 0.15) is 29.2 Å². The van der Waals surface area contributed by atoms with Gasteiger partial charge in [-0.25, -0.2) is 5.43 Å². The van der Waals surface area contributed by atoms with E-state index in [2.05, 4.69) is 15.8 Å². The van der Waals surface area contributed by atoms with Gasteiger partial charge >= 0.3 is 6.18 Å². The van der Waals surface area contributed by atoms with Gasteiger partial charge in [-0.15, -0.1) is 0 Å². The van der Waals surface area contributed by atoms with Crippen molar-refractivity contribution in [2.45, 2.75) is 18.7 Å². The van der Waals surface area contributed by atoms with E-state index < -0.39 is 17.6 Å². The lowest BCUT2D eigenvalue weighted by Gasteiger charge is -2.27. The number of rotatable bonds is 5. The number of fused-ring (bicyclic) bond motifs is 1. The Labute approximate surface area is 182 Å². The van der Waals surface area contributed by atoms with Crippen LogP contribution in [-0.4, -0.2) is 18.2 Å². The summed E-state index contributed by atoms with van der Waals surface area (Å²) >= 11 is 0. The second-order valence-electron chi connectivity index (χ2n) is 7.24. The first-order valence-corrected chi connectivity index (χ1v) is 9.98. The topological polar surface area (TPSA) is 62.7 Å². The zero-order valence-electron chi connectivity index (χ0n) is 16.9. The molecule has 3 aromatic carbocycles. The zero-order chi connectivity index (χ0) is 22.6. The smallest absolute Gasteiger partial charge is 0.416 e. The number of nitrogens with zero attached hydrogens (tertiary/aromatic N) is 1. The van der Waals surface area contributed by atoms with E-state index in [0.717, 1.165) is 23.3 Å². The molecule has 32 heavy (non-hydrogen) atoms. The van der Waals surface area contributed by atoms with Crippen molar-refractivity contribution >= 4 is 17.3 Å². The molecule has 1 aliphatic heterocycles. The van der Waals surface area contributed by atoms with Crippen LogP contribution in [0.4, 0.5) is 18.9 Å². The number of alkyl halides is 3. The molecule has 0 aliphatic carbocycles. The number of halogens is 3. The molecule has 164 valence electrons. The molecule has 4 rings (SSSR count). The third-order valence-corrected chi connectivity index (χ3v) is 4.98. The van der Waals surface area contributed by atoms with E-state index in [9.17, 15) is 18.0 Å². The van der Waals surface area contributed by atoms with Crippen molar-refractivity contribution in [1.29, 1.82) is 0 Å². The lowest BCUT2D eigenvalue weighted by atomic mass is 9.96. The number of hydrogen-bond donors (Lipinski definition) is 2. The highest BCUT2D eigenvalue weighted by atomic mass is 19.4. The summed E-state index contributed by atoms with van der Waals surface area (Å²) in [6, 6.07) is 21.8. The van der Waals surface area contributed by atoms with Crippen LogP contribution in [0.5, 0.6) is 5.75 Å². The van der Waals surface area contributed by atoms with Gasteiger partial charge in [0.05, 0.1) is 17.8 Å². The maximum Gasteiger partial charge on any atom is 0.416 e. The molecule has 1 heterocycles. The lowest BCUT2D eigenvalue weighted by molar-refractivity contribution is -0.137. The Morgan fingerprint density at radius 3 is 2.53 bits per heavy atom. The number of carbonyl (C=O) groups excluding carboxylic acids is 1. The minimum Gasteiger partial charge on any atom is -0.485 e. The first-order chi connectivity index (χ1) is 15.4. The average Bonchev–Trinajstić information content (AvgIpc) is 2.81. The Hall–Kier alpha value is -3.81. The van der Waals surface area contributed by atoms with Gasteiger partial charge in [-0.3, -0.25) is 4.79 Å². The fourth-order valence-electron chi connectivity index (χ4n) is 3.40. The number of ether oxygens (including phenoxy) is 1. The van der Waals surface area contributed by atoms with Gasteiger partial charge in [0, 0.05) is 17.7 Å². The Morgan fingerprint density at radius 2 is 1.75 bits per heavy atom. The number of hydrogen-bond acceptors (Lipinski definition) is 4. The van der Waals surface area contributed by atoms with Crippen molar-refractivity contribution in [2.75, 3.05) is 11.9 Å². The second-order valence-corrected chi connectivity index (χ2v) is 7.24. The second kappa shape index (κ2) is 9.13. The summed E-state index contributed by atoms with van der Waals surface area (Å²) < 4.78 is 44.6. The van der Waals surface area contributed by atoms with E-state index in [1.807, 2.05) is 54.6 Å². The van der Waals surface area contributed by atoms with Crippen molar-refractivity contribution in [1.82, 2.24) is 5.43 Å². The Kier molecular flexibility index (Phi) is 6.11. The first kappa shape index (κ1) is 21.4. The SMILES string of the molecule is O=C(CNc1cccc(C(F)(F)F)c1)N/N=C1\CC(c2ccccc2)Oc2ccccc21. The fraction of sp³-hybridized carbons (Fsp3) is 0.167. The van der Waals surface area contributed by atoms with E-state index in [0.29, 0.717) is 17.9 Å². The van der Waals surface area contributed by atoms with Crippen LogP contribution in [0, 0.1) is 0 Å². The molecule has 0 radical (unpaired) electrons. The molecule has 1 atom stereocenters. The first-order valence-electron chi connectivity index (χ1n) is 9.98. The molecule has 8 heteroatoms. The molecule has 0 spiro atoms. The highest BCUT2D eigenvalue weighted by Crippen LogP contribution is 2.35. The molecule has 0 bridgehead atoms. The molecule has 0 fully saturated rings. The van der Waals surface area contributed by atoms with Gasteiger partial charge in [0.25, 0.3) is 5.91 Å². The van der Waals surface area contributed by atoms with Gasteiger partial charge in [-0.05, 0) is 35.9 Å². The van der Waals surface area contributed by atoms with Crippen LogP contribution in [-0.2, 0) is 11.0 Å². The van der Waals surface area contributed by atoms with Gasteiger partial charge in [-0.1, -0.05) is 48.5 Å². The van der Waals surface area contributed by atoms with E-state index in [4.69, 9.17) is 4.74 Å². The molecule has 0 saturated heterocycles. The minimum atomic E-state index is -4.45. The summed E-state index contributed by atoms with van der Waals surface area (Å²) in [6.45, 7) is -0.224. The third-order valence-electron chi connectivity index (χ3n) is 4.98. The van der Waals surface area contributed by atoms with Crippen LogP contribution in [0.15, 0.2) is 84.0 Å². The quantitative estimate of drug-likeness (QED) is 0.540. The number of amides is 1. The Bertz CT molecular complexity index is 1130. The number of nitrogens with one attached hydrogen (secondary N) is 2. The van der Waals surface area contributed by atoms with Crippen LogP contribution < -0.4 is 15.5 Å². The summed E-state index contributed by atoms with van der Waals surface area (Å²) in [7, 11) is 0. The normalized spacial score (nSPS) is 16.7.